The molecule has 0 unspecified atom stereocenters. The fourth-order valence-electron chi connectivity index (χ4n) is 3.35. The van der Waals surface area contributed by atoms with Crippen molar-refractivity contribution in [1.82, 2.24) is 19.8 Å². The molecule has 10 heteroatoms. The Kier molecular flexibility index (Phi) is 5.21. The van der Waals surface area contributed by atoms with Gasteiger partial charge < -0.3 is 9.80 Å². The molecule has 160 valence electrons. The highest BCUT2D eigenvalue weighted by atomic mass is 32.2. The molecule has 2 N–H and O–H groups in total. The highest BCUT2D eigenvalue weighted by molar-refractivity contribution is 7.92. The third kappa shape index (κ3) is 4.21. The summed E-state index contributed by atoms with van der Waals surface area (Å²) in [6.07, 6.45) is -1.13. The molecule has 30 heavy (non-hydrogen) atoms. The predicted octanol–water partition coefficient (Wildman–Crippen LogP) is -0.113. The van der Waals surface area contributed by atoms with Crippen molar-refractivity contribution < 1.29 is 26.0 Å². The molecule has 0 aromatic carbocycles. The van der Waals surface area contributed by atoms with E-state index in [0.29, 0.717) is 17.2 Å². The van der Waals surface area contributed by atoms with E-state index in [2.05, 4.69) is 28.6 Å². The van der Waals surface area contributed by atoms with E-state index >= 15 is 0 Å². The standard InChI is InChI=1S/C20H24N4O5S/c1-20(18(25)21-27,30(3,28)29)8-9-23-14-17-10-15(13-24(17)19(23)26)6-4-5-7-16-11-22(2)12-16/h10,13,16,27H,8-9,11-12,14H2,1-3H3,(H,21,25)/t20-/m1/s1/i3D2. The zero-order chi connectivity index (χ0) is 23.7. The molecular formula is C20H24N4O5S. The Labute approximate surface area is 178 Å². The zero-order valence-electron chi connectivity index (χ0n) is 18.7. The Bertz CT molecular complexity index is 1150. The van der Waals surface area contributed by atoms with Gasteiger partial charge in [0.15, 0.2) is 14.6 Å². The maximum Gasteiger partial charge on any atom is 0.328 e. The Morgan fingerprint density at radius 2 is 2.17 bits per heavy atom. The predicted molar refractivity (Wildman–Crippen MR) is 109 cm³/mol. The highest BCUT2D eigenvalue weighted by Crippen LogP contribution is 2.25. The van der Waals surface area contributed by atoms with Crippen LogP contribution in [0.4, 0.5) is 4.79 Å². The lowest BCUT2D eigenvalue weighted by molar-refractivity contribution is -0.131. The molecular weight excluding hydrogens is 408 g/mol. The lowest BCUT2D eigenvalue weighted by Gasteiger charge is -2.32. The molecule has 2 aliphatic rings. The van der Waals surface area contributed by atoms with Gasteiger partial charge in [-0.15, -0.1) is 0 Å². The minimum Gasteiger partial charge on any atom is -0.318 e. The second-order valence-corrected chi connectivity index (χ2v) is 9.69. The van der Waals surface area contributed by atoms with E-state index in [9.17, 15) is 18.0 Å². The molecule has 3 heterocycles. The number of amides is 2. The van der Waals surface area contributed by atoms with Crippen molar-refractivity contribution in [3.05, 3.63) is 23.5 Å². The third-order valence-corrected chi connectivity index (χ3v) is 7.05. The number of hydrogen-bond acceptors (Lipinski definition) is 6. The lowest BCUT2D eigenvalue weighted by atomic mass is 10.0. The first-order valence-corrected chi connectivity index (χ1v) is 10.8. The van der Waals surface area contributed by atoms with Gasteiger partial charge in [-0.25, -0.2) is 18.7 Å². The molecule has 0 radical (unpaired) electrons. The molecule has 0 spiro atoms. The SMILES string of the molecule is [2H]C([2H])S(=O)(=O)[C@](C)(CCN1Cc2cc(C#CC#CC3CN(C)C3)cn2C1=O)C(=O)NO. The molecule has 1 saturated heterocycles. The number of rotatable bonds is 5. The molecule has 3 rings (SSSR count). The van der Waals surface area contributed by atoms with Crippen molar-refractivity contribution >= 4 is 21.8 Å². The van der Waals surface area contributed by atoms with E-state index in [0.717, 1.165) is 20.0 Å². The Balaban J connectivity index is 1.66. The summed E-state index contributed by atoms with van der Waals surface area (Å²) < 4.78 is 38.4. The van der Waals surface area contributed by atoms with Gasteiger partial charge in [0.25, 0.3) is 5.91 Å². The number of likely N-dealkylation sites (tertiary alicyclic amines) is 1. The Morgan fingerprint density at radius 3 is 2.77 bits per heavy atom. The van der Waals surface area contributed by atoms with Gasteiger partial charge in [-0.1, -0.05) is 11.8 Å². The van der Waals surface area contributed by atoms with Gasteiger partial charge in [0.1, 0.15) is 0 Å². The van der Waals surface area contributed by atoms with Crippen LogP contribution in [0.2, 0.25) is 0 Å². The van der Waals surface area contributed by atoms with Crippen LogP contribution in [-0.4, -0.2) is 77.6 Å². The van der Waals surface area contributed by atoms with Crippen LogP contribution < -0.4 is 5.48 Å². The number of nitrogens with zero attached hydrogens (tertiary/aromatic N) is 3. The smallest absolute Gasteiger partial charge is 0.318 e. The first-order valence-electron chi connectivity index (χ1n) is 10.4. The number of aromatic nitrogens is 1. The van der Waals surface area contributed by atoms with Gasteiger partial charge in [-0.2, -0.15) is 0 Å². The minimum absolute atomic E-state index is 0.126. The summed E-state index contributed by atoms with van der Waals surface area (Å²) in [5, 5.41) is 8.95. The Hall–Kier alpha value is -2.79. The minimum atomic E-state index is -4.56. The lowest BCUT2D eigenvalue weighted by Crippen LogP contribution is -2.50. The van der Waals surface area contributed by atoms with Gasteiger partial charge in [0.05, 0.1) is 6.54 Å². The van der Waals surface area contributed by atoms with E-state index in [4.69, 9.17) is 7.95 Å². The average molecular weight is 435 g/mol. The first-order chi connectivity index (χ1) is 15.0. The molecule has 1 fully saturated rings. The Morgan fingerprint density at radius 1 is 1.43 bits per heavy atom. The fourth-order valence-corrected chi connectivity index (χ4v) is 4.03. The molecule has 2 aliphatic heterocycles. The molecule has 0 saturated carbocycles. The third-order valence-electron chi connectivity index (χ3n) is 5.41. The first kappa shape index (κ1) is 19.2. The van der Waals surface area contributed by atoms with Crippen molar-refractivity contribution in [2.45, 2.75) is 24.6 Å². The quantitative estimate of drug-likeness (QED) is 0.380. The summed E-state index contributed by atoms with van der Waals surface area (Å²) in [6, 6.07) is 1.33. The second-order valence-electron chi connectivity index (χ2n) is 7.70. The van der Waals surface area contributed by atoms with Gasteiger partial charge in [-0.3, -0.25) is 14.6 Å². The monoisotopic (exact) mass is 434 g/mol. The summed E-state index contributed by atoms with van der Waals surface area (Å²) in [7, 11) is -2.53. The topological polar surface area (TPSA) is 112 Å². The van der Waals surface area contributed by atoms with Crippen molar-refractivity contribution in [1.29, 1.82) is 0 Å². The van der Waals surface area contributed by atoms with Crippen LogP contribution >= 0.6 is 0 Å². The number of sulfone groups is 1. The van der Waals surface area contributed by atoms with Gasteiger partial charge in [0.2, 0.25) is 0 Å². The van der Waals surface area contributed by atoms with E-state index in [1.165, 1.54) is 14.9 Å². The summed E-state index contributed by atoms with van der Waals surface area (Å²) in [5.74, 6) is 10.7. The van der Waals surface area contributed by atoms with Gasteiger partial charge in [-0.05, 0) is 38.3 Å². The molecule has 1 atom stereocenters. The molecule has 0 aliphatic carbocycles. The van der Waals surface area contributed by atoms with Gasteiger partial charge >= 0.3 is 6.03 Å². The summed E-state index contributed by atoms with van der Waals surface area (Å²) in [4.78, 5) is 28.2. The van der Waals surface area contributed by atoms with Crippen LogP contribution in [0, 0.1) is 29.6 Å². The van der Waals surface area contributed by atoms with Crippen molar-refractivity contribution in [3.8, 4) is 23.7 Å². The normalized spacial score (nSPS) is 19.5. The van der Waals surface area contributed by atoms with Crippen LogP contribution in [-0.2, 0) is 21.2 Å². The highest BCUT2D eigenvalue weighted by Gasteiger charge is 2.44. The summed E-state index contributed by atoms with van der Waals surface area (Å²) in [5.41, 5.74) is 2.58. The van der Waals surface area contributed by atoms with Crippen LogP contribution in [0.1, 0.15) is 27.3 Å². The zero-order valence-corrected chi connectivity index (χ0v) is 17.5. The summed E-state index contributed by atoms with van der Waals surface area (Å²) in [6.45, 7) is 2.96. The van der Waals surface area contributed by atoms with Crippen molar-refractivity contribution in [3.63, 3.8) is 0 Å². The average Bonchev–Trinajstić information content (AvgIpc) is 3.25. The molecule has 1 aromatic heterocycles. The van der Waals surface area contributed by atoms with Crippen LogP contribution in [0.15, 0.2) is 12.3 Å². The number of carbonyl (C=O) groups excluding carboxylic acids is 2. The molecule has 0 bridgehead atoms. The maximum atomic E-state index is 12.7. The number of fused-ring (bicyclic) bond motifs is 1. The molecule has 9 nitrogen and oxygen atoms in total. The number of nitrogens with one attached hydrogen (secondary N) is 1. The van der Waals surface area contributed by atoms with Crippen LogP contribution in [0.25, 0.3) is 0 Å². The van der Waals surface area contributed by atoms with E-state index in [-0.39, 0.29) is 19.5 Å². The van der Waals surface area contributed by atoms with E-state index < -0.39 is 32.7 Å². The van der Waals surface area contributed by atoms with Crippen molar-refractivity contribution in [2.24, 2.45) is 5.92 Å². The van der Waals surface area contributed by atoms with Crippen molar-refractivity contribution in [2.75, 3.05) is 32.9 Å². The van der Waals surface area contributed by atoms with E-state index in [1.807, 2.05) is 7.05 Å². The van der Waals surface area contributed by atoms with Crippen LogP contribution in [0.5, 0.6) is 0 Å². The number of hydrogen-bond donors (Lipinski definition) is 2. The van der Waals surface area contributed by atoms with Gasteiger partial charge in [0, 0.05) is 52.0 Å². The maximum absolute atomic E-state index is 12.7. The summed E-state index contributed by atoms with van der Waals surface area (Å²) >= 11 is 0. The molecule has 1 aromatic rings. The largest absolute Gasteiger partial charge is 0.328 e. The van der Waals surface area contributed by atoms with Crippen LogP contribution in [0.3, 0.4) is 0 Å². The number of hydroxylamine groups is 1. The number of carbonyl (C=O) groups is 2. The fraction of sp³-hybridized carbons (Fsp3) is 0.500. The second kappa shape index (κ2) is 8.15. The van der Waals surface area contributed by atoms with E-state index in [1.54, 1.807) is 12.3 Å². The molecule has 2 amide bonds.